The summed E-state index contributed by atoms with van der Waals surface area (Å²) < 4.78 is 80.1. The molecule has 1 N–H and O–H groups in total. The van der Waals surface area contributed by atoms with Crippen molar-refractivity contribution in [2.75, 3.05) is 7.11 Å². The number of halogens is 5. The van der Waals surface area contributed by atoms with Crippen LogP contribution in [0.25, 0.3) is 0 Å². The van der Waals surface area contributed by atoms with E-state index in [2.05, 4.69) is 4.98 Å². The molecule has 4 atom stereocenters. The van der Waals surface area contributed by atoms with E-state index in [0.29, 0.717) is 0 Å². The van der Waals surface area contributed by atoms with E-state index in [1.165, 1.54) is 6.92 Å². The molecule has 0 bridgehead atoms. The summed E-state index contributed by atoms with van der Waals surface area (Å²) in [6.07, 6.45) is -6.22. The fraction of sp³-hybridized carbons (Fsp3) is 0.400. The van der Waals surface area contributed by atoms with Gasteiger partial charge in [-0.15, -0.1) is 0 Å². The van der Waals surface area contributed by atoms with E-state index in [1.807, 2.05) is 0 Å². The largest absolute Gasteiger partial charge is 0.493 e. The van der Waals surface area contributed by atoms with Crippen LogP contribution in [0, 0.1) is 28.9 Å². The number of nitrogens with one attached hydrogen (secondary N) is 1. The lowest BCUT2D eigenvalue weighted by atomic mass is 9.76. The lowest BCUT2D eigenvalue weighted by Gasteiger charge is -2.32. The van der Waals surface area contributed by atoms with Crippen molar-refractivity contribution in [2.24, 2.45) is 5.92 Å². The van der Waals surface area contributed by atoms with Gasteiger partial charge in [0, 0.05) is 35.2 Å². The third-order valence-corrected chi connectivity index (χ3v) is 5.60. The Labute approximate surface area is 168 Å². The summed E-state index contributed by atoms with van der Waals surface area (Å²) in [7, 11) is 1.07. The molecule has 160 valence electrons. The highest BCUT2D eigenvalue weighted by molar-refractivity contribution is 5.42. The minimum absolute atomic E-state index is 0.0508. The van der Waals surface area contributed by atoms with Crippen LogP contribution in [0.3, 0.4) is 0 Å². The summed E-state index contributed by atoms with van der Waals surface area (Å²) in [6, 6.07) is 5.63. The number of pyridine rings is 1. The molecule has 1 saturated heterocycles. The van der Waals surface area contributed by atoms with Gasteiger partial charge in [-0.2, -0.15) is 22.8 Å². The number of hydrogen-bond acceptors (Lipinski definition) is 4. The Morgan fingerprint density at radius 2 is 1.93 bits per heavy atom. The number of ether oxygens (including phenoxy) is 2. The second-order valence-electron chi connectivity index (χ2n) is 7.24. The van der Waals surface area contributed by atoms with Crippen molar-refractivity contribution in [1.82, 2.24) is 4.98 Å². The number of rotatable bonds is 3. The Morgan fingerprint density at radius 1 is 1.27 bits per heavy atom. The SMILES string of the molecule is COc1c([C@H]2[C@H](c3cc(=O)cc(C#N)[nH]3)O[C@@](C)(C(F)(F)F)[C@H]2C)ccc(F)c1F. The van der Waals surface area contributed by atoms with E-state index in [-0.39, 0.29) is 17.0 Å². The zero-order chi connectivity index (χ0) is 22.4. The average molecular weight is 428 g/mol. The second-order valence-corrected chi connectivity index (χ2v) is 7.24. The standard InChI is InChI=1S/C20H17F5N2O3/c1-9-15(12-4-5-13(21)16(22)17(12)29-3)18(30-19(9,2)20(23,24)25)14-7-11(28)6-10(8-26)27-14/h4-7,9,15,18H,1-3H3,(H,27,28)/t9-,15-,18-,19+/m0/s1. The number of H-pyrrole nitrogens is 1. The molecule has 1 aromatic heterocycles. The molecule has 0 spiro atoms. The molecule has 5 nitrogen and oxygen atoms in total. The van der Waals surface area contributed by atoms with Gasteiger partial charge >= 0.3 is 6.18 Å². The highest BCUT2D eigenvalue weighted by Gasteiger charge is 2.65. The van der Waals surface area contributed by atoms with Crippen LogP contribution in [0.5, 0.6) is 5.75 Å². The van der Waals surface area contributed by atoms with Gasteiger partial charge in [-0.3, -0.25) is 4.79 Å². The average Bonchev–Trinajstić information content (AvgIpc) is 2.95. The smallest absolute Gasteiger partial charge is 0.417 e. The van der Waals surface area contributed by atoms with Crippen molar-refractivity contribution in [2.45, 2.75) is 37.6 Å². The maximum atomic E-state index is 14.3. The molecule has 0 saturated carbocycles. The predicted octanol–water partition coefficient (Wildman–Crippen LogP) is 4.35. The monoisotopic (exact) mass is 428 g/mol. The molecule has 1 aromatic carbocycles. The number of nitrogens with zero attached hydrogens (tertiary/aromatic N) is 1. The molecule has 0 aliphatic carbocycles. The van der Waals surface area contributed by atoms with Crippen LogP contribution in [0.2, 0.25) is 0 Å². The van der Waals surface area contributed by atoms with Crippen molar-refractivity contribution in [3.63, 3.8) is 0 Å². The first-order valence-corrected chi connectivity index (χ1v) is 8.85. The first-order chi connectivity index (χ1) is 13.9. The summed E-state index contributed by atoms with van der Waals surface area (Å²) in [6.45, 7) is 2.12. The molecule has 2 aromatic rings. The van der Waals surface area contributed by atoms with Gasteiger partial charge in [-0.1, -0.05) is 13.0 Å². The first-order valence-electron chi connectivity index (χ1n) is 8.85. The Bertz CT molecular complexity index is 1080. The minimum Gasteiger partial charge on any atom is -0.493 e. The molecule has 0 amide bonds. The van der Waals surface area contributed by atoms with E-state index < -0.39 is 52.5 Å². The number of hydrogen-bond donors (Lipinski definition) is 1. The van der Waals surface area contributed by atoms with Crippen LogP contribution in [-0.2, 0) is 4.74 Å². The zero-order valence-corrected chi connectivity index (χ0v) is 16.1. The van der Waals surface area contributed by atoms with E-state index >= 15 is 0 Å². The van der Waals surface area contributed by atoms with E-state index in [1.54, 1.807) is 6.07 Å². The predicted molar refractivity (Wildman–Crippen MR) is 94.9 cm³/mol. The molecule has 1 fully saturated rings. The summed E-state index contributed by atoms with van der Waals surface area (Å²) in [5.74, 6) is -5.58. The maximum Gasteiger partial charge on any atom is 0.417 e. The van der Waals surface area contributed by atoms with Crippen molar-refractivity contribution in [3.05, 3.63) is 63.1 Å². The van der Waals surface area contributed by atoms with Gasteiger partial charge in [0.15, 0.2) is 22.6 Å². The summed E-state index contributed by atoms with van der Waals surface area (Å²) >= 11 is 0. The van der Waals surface area contributed by atoms with Gasteiger partial charge in [-0.25, -0.2) is 4.39 Å². The third kappa shape index (κ3) is 3.33. The van der Waals surface area contributed by atoms with Crippen LogP contribution in [0.1, 0.15) is 42.8 Å². The Hall–Kier alpha value is -2.93. The van der Waals surface area contributed by atoms with Crippen molar-refractivity contribution >= 4 is 0 Å². The molecular formula is C20H17F5N2O3. The van der Waals surface area contributed by atoms with Gasteiger partial charge in [0.25, 0.3) is 0 Å². The van der Waals surface area contributed by atoms with E-state index in [0.717, 1.165) is 38.3 Å². The fourth-order valence-electron chi connectivity index (χ4n) is 3.86. The molecule has 0 unspecified atom stereocenters. The van der Waals surface area contributed by atoms with Crippen LogP contribution >= 0.6 is 0 Å². The Morgan fingerprint density at radius 3 is 2.50 bits per heavy atom. The number of methoxy groups -OCH3 is 1. The van der Waals surface area contributed by atoms with Crippen LogP contribution < -0.4 is 10.2 Å². The van der Waals surface area contributed by atoms with Gasteiger partial charge in [0.05, 0.1) is 7.11 Å². The number of nitriles is 1. The van der Waals surface area contributed by atoms with E-state index in [4.69, 9.17) is 14.7 Å². The Kier molecular flexibility index (Phi) is 5.37. The Balaban J connectivity index is 2.27. The highest BCUT2D eigenvalue weighted by atomic mass is 19.4. The molecule has 0 radical (unpaired) electrons. The van der Waals surface area contributed by atoms with E-state index in [9.17, 15) is 26.7 Å². The van der Waals surface area contributed by atoms with Crippen LogP contribution in [0.4, 0.5) is 22.0 Å². The molecular weight excluding hydrogens is 411 g/mol. The molecule has 1 aliphatic rings. The van der Waals surface area contributed by atoms with Crippen molar-refractivity contribution in [1.29, 1.82) is 5.26 Å². The number of aromatic amines is 1. The first kappa shape index (κ1) is 21.8. The lowest BCUT2D eigenvalue weighted by molar-refractivity contribution is -0.275. The summed E-state index contributed by atoms with van der Waals surface area (Å²) in [4.78, 5) is 14.5. The number of benzene rings is 1. The topological polar surface area (TPSA) is 75.1 Å². The molecule has 10 heteroatoms. The maximum absolute atomic E-state index is 14.3. The van der Waals surface area contributed by atoms with Gasteiger partial charge in [-0.05, 0) is 13.0 Å². The quantitative estimate of drug-likeness (QED) is 0.738. The number of alkyl halides is 3. The van der Waals surface area contributed by atoms with Crippen LogP contribution in [0.15, 0.2) is 29.1 Å². The van der Waals surface area contributed by atoms with Gasteiger partial charge < -0.3 is 14.5 Å². The van der Waals surface area contributed by atoms with Crippen molar-refractivity contribution in [3.8, 4) is 11.8 Å². The third-order valence-electron chi connectivity index (χ3n) is 5.60. The summed E-state index contributed by atoms with van der Waals surface area (Å²) in [5.41, 5.74) is -3.60. The molecule has 1 aliphatic heterocycles. The second kappa shape index (κ2) is 7.40. The molecule has 30 heavy (non-hydrogen) atoms. The minimum atomic E-state index is -4.81. The molecule has 2 heterocycles. The van der Waals surface area contributed by atoms with Crippen molar-refractivity contribution < 1.29 is 31.4 Å². The van der Waals surface area contributed by atoms with Gasteiger partial charge in [0.2, 0.25) is 5.82 Å². The number of aromatic nitrogens is 1. The zero-order valence-electron chi connectivity index (χ0n) is 16.1. The fourth-order valence-corrected chi connectivity index (χ4v) is 3.86. The van der Waals surface area contributed by atoms with Crippen LogP contribution in [-0.4, -0.2) is 23.9 Å². The highest BCUT2D eigenvalue weighted by Crippen LogP contribution is 2.59. The summed E-state index contributed by atoms with van der Waals surface area (Å²) in [5, 5.41) is 9.09. The normalized spacial score (nSPS) is 26.4. The lowest BCUT2D eigenvalue weighted by Crippen LogP contribution is -2.46. The van der Waals surface area contributed by atoms with Gasteiger partial charge in [0.1, 0.15) is 17.9 Å². The molecule has 3 rings (SSSR count).